The first-order valence-electron chi connectivity index (χ1n) is 7.37. The molecule has 0 bridgehead atoms. The highest BCUT2D eigenvalue weighted by Crippen LogP contribution is 2.35. The topological polar surface area (TPSA) is 67.4 Å². The fourth-order valence-corrected chi connectivity index (χ4v) is 2.78. The largest absolute Gasteiger partial charge is 0.476 e. The van der Waals surface area contributed by atoms with Gasteiger partial charge in [0.25, 0.3) is 5.91 Å². The molecule has 0 spiro atoms. The summed E-state index contributed by atoms with van der Waals surface area (Å²) in [5.74, 6) is 0.641. The first kappa shape index (κ1) is 14.1. The van der Waals surface area contributed by atoms with E-state index >= 15 is 0 Å². The Balaban J connectivity index is 1.85. The van der Waals surface area contributed by atoms with Crippen LogP contribution in [0.2, 0.25) is 0 Å². The van der Waals surface area contributed by atoms with Gasteiger partial charge in [0.05, 0.1) is 5.69 Å². The molecule has 0 aromatic heterocycles. The summed E-state index contributed by atoms with van der Waals surface area (Å²) >= 11 is 0. The van der Waals surface area contributed by atoms with Gasteiger partial charge in [-0.2, -0.15) is 0 Å². The second kappa shape index (κ2) is 5.15. The van der Waals surface area contributed by atoms with Crippen molar-refractivity contribution in [1.29, 1.82) is 0 Å². The number of carbonyl (C=O) groups excluding carboxylic acids is 2. The SMILES string of the molecule is CC1(C)Oc2ccc(C(=O)C3CCNCC3)cc2NC1=O. The minimum atomic E-state index is -0.881. The van der Waals surface area contributed by atoms with Gasteiger partial charge in [-0.3, -0.25) is 9.59 Å². The maximum absolute atomic E-state index is 12.5. The Labute approximate surface area is 124 Å². The highest BCUT2D eigenvalue weighted by molar-refractivity contribution is 6.03. The van der Waals surface area contributed by atoms with Gasteiger partial charge >= 0.3 is 0 Å². The van der Waals surface area contributed by atoms with E-state index in [4.69, 9.17) is 4.74 Å². The summed E-state index contributed by atoms with van der Waals surface area (Å²) in [4.78, 5) is 24.4. The number of carbonyl (C=O) groups is 2. The number of anilines is 1. The summed E-state index contributed by atoms with van der Waals surface area (Å²) in [6.07, 6.45) is 1.73. The number of rotatable bonds is 2. The molecule has 21 heavy (non-hydrogen) atoms. The first-order valence-corrected chi connectivity index (χ1v) is 7.37. The predicted molar refractivity (Wildman–Crippen MR) is 79.7 cm³/mol. The zero-order chi connectivity index (χ0) is 15.0. The molecule has 0 atom stereocenters. The minimum Gasteiger partial charge on any atom is -0.476 e. The van der Waals surface area contributed by atoms with Gasteiger partial charge in [-0.05, 0) is 58.0 Å². The maximum atomic E-state index is 12.5. The zero-order valence-corrected chi connectivity index (χ0v) is 12.4. The molecule has 0 radical (unpaired) electrons. The third-order valence-electron chi connectivity index (χ3n) is 4.13. The lowest BCUT2D eigenvalue weighted by atomic mass is 9.89. The van der Waals surface area contributed by atoms with Crippen molar-refractivity contribution in [2.24, 2.45) is 5.92 Å². The molecule has 1 aromatic carbocycles. The Morgan fingerprint density at radius 3 is 2.71 bits per heavy atom. The first-order chi connectivity index (χ1) is 9.97. The van der Waals surface area contributed by atoms with E-state index in [9.17, 15) is 9.59 Å². The Hall–Kier alpha value is -1.88. The molecule has 112 valence electrons. The predicted octanol–water partition coefficient (Wildman–Crippen LogP) is 1.98. The lowest BCUT2D eigenvalue weighted by Crippen LogP contribution is -2.45. The minimum absolute atomic E-state index is 0.0703. The standard InChI is InChI=1S/C16H20N2O3/c1-16(2)15(20)18-12-9-11(3-4-13(12)21-16)14(19)10-5-7-17-8-6-10/h3-4,9-10,17H,5-8H2,1-2H3,(H,18,20). The van der Waals surface area contributed by atoms with Crippen LogP contribution in [0.1, 0.15) is 37.0 Å². The van der Waals surface area contributed by atoms with E-state index in [1.807, 2.05) is 0 Å². The van der Waals surface area contributed by atoms with Crippen molar-refractivity contribution >= 4 is 17.4 Å². The van der Waals surface area contributed by atoms with Crippen LogP contribution < -0.4 is 15.4 Å². The lowest BCUT2D eigenvalue weighted by molar-refractivity contribution is -0.129. The number of hydrogen-bond acceptors (Lipinski definition) is 4. The third-order valence-corrected chi connectivity index (χ3v) is 4.13. The number of ketones is 1. The summed E-state index contributed by atoms with van der Waals surface area (Å²) in [6, 6.07) is 5.29. The second-order valence-corrected chi connectivity index (χ2v) is 6.17. The summed E-state index contributed by atoms with van der Waals surface area (Å²) in [5, 5.41) is 6.08. The average Bonchev–Trinajstić information content (AvgIpc) is 2.48. The summed E-state index contributed by atoms with van der Waals surface area (Å²) in [5.41, 5.74) is 0.344. The van der Waals surface area contributed by atoms with Crippen LogP contribution in [0.15, 0.2) is 18.2 Å². The van der Waals surface area contributed by atoms with Gasteiger partial charge < -0.3 is 15.4 Å². The molecule has 0 saturated carbocycles. The van der Waals surface area contributed by atoms with Crippen molar-refractivity contribution in [2.45, 2.75) is 32.3 Å². The van der Waals surface area contributed by atoms with Crippen molar-refractivity contribution in [3.63, 3.8) is 0 Å². The van der Waals surface area contributed by atoms with Crippen LogP contribution in [0, 0.1) is 5.92 Å². The van der Waals surface area contributed by atoms with Crippen LogP contribution in [0.25, 0.3) is 0 Å². The van der Waals surface area contributed by atoms with Crippen molar-refractivity contribution in [1.82, 2.24) is 5.32 Å². The van der Waals surface area contributed by atoms with Crippen LogP contribution in [-0.4, -0.2) is 30.4 Å². The normalized spacial score (nSPS) is 21.1. The van der Waals surface area contributed by atoms with Gasteiger partial charge in [0, 0.05) is 11.5 Å². The van der Waals surface area contributed by atoms with Gasteiger partial charge in [-0.1, -0.05) is 0 Å². The van der Waals surface area contributed by atoms with E-state index in [1.54, 1.807) is 32.0 Å². The molecule has 5 heteroatoms. The highest BCUT2D eigenvalue weighted by Gasteiger charge is 2.35. The van der Waals surface area contributed by atoms with E-state index in [0.717, 1.165) is 25.9 Å². The molecule has 1 saturated heterocycles. The second-order valence-electron chi connectivity index (χ2n) is 6.17. The average molecular weight is 288 g/mol. The van der Waals surface area contributed by atoms with Gasteiger partial charge in [0.2, 0.25) is 0 Å². The monoisotopic (exact) mass is 288 g/mol. The molecule has 2 N–H and O–H groups in total. The number of Topliss-reactive ketones (excluding diaryl/α,β-unsaturated/α-hetero) is 1. The Morgan fingerprint density at radius 1 is 1.29 bits per heavy atom. The van der Waals surface area contributed by atoms with Crippen LogP contribution in [-0.2, 0) is 4.79 Å². The summed E-state index contributed by atoms with van der Waals surface area (Å²) in [6.45, 7) is 5.21. The molecule has 2 aliphatic heterocycles. The fraction of sp³-hybridized carbons (Fsp3) is 0.500. The number of ether oxygens (including phenoxy) is 1. The van der Waals surface area contributed by atoms with E-state index in [2.05, 4.69) is 10.6 Å². The maximum Gasteiger partial charge on any atom is 0.268 e. The molecule has 0 unspecified atom stereocenters. The van der Waals surface area contributed by atoms with Crippen LogP contribution in [0.3, 0.4) is 0 Å². The number of benzene rings is 1. The molecule has 2 aliphatic rings. The van der Waals surface area contributed by atoms with Crippen molar-refractivity contribution in [2.75, 3.05) is 18.4 Å². The van der Waals surface area contributed by atoms with E-state index in [0.29, 0.717) is 17.0 Å². The van der Waals surface area contributed by atoms with Gasteiger partial charge in [-0.15, -0.1) is 0 Å². The van der Waals surface area contributed by atoms with Gasteiger partial charge in [0.15, 0.2) is 11.4 Å². The van der Waals surface area contributed by atoms with Crippen LogP contribution >= 0.6 is 0 Å². The molecule has 2 heterocycles. The third kappa shape index (κ3) is 2.65. The molecule has 5 nitrogen and oxygen atoms in total. The fourth-order valence-electron chi connectivity index (χ4n) is 2.78. The van der Waals surface area contributed by atoms with E-state index < -0.39 is 5.60 Å². The summed E-state index contributed by atoms with van der Waals surface area (Å²) in [7, 11) is 0. The van der Waals surface area contributed by atoms with E-state index in [-0.39, 0.29) is 17.6 Å². The number of amides is 1. The Bertz CT molecular complexity index is 589. The van der Waals surface area contributed by atoms with Crippen LogP contribution in [0.4, 0.5) is 5.69 Å². The molecule has 0 aliphatic carbocycles. The summed E-state index contributed by atoms with van der Waals surface area (Å²) < 4.78 is 5.68. The Kier molecular flexibility index (Phi) is 3.45. The van der Waals surface area contributed by atoms with Crippen LogP contribution in [0.5, 0.6) is 5.75 Å². The van der Waals surface area contributed by atoms with Crippen molar-refractivity contribution < 1.29 is 14.3 Å². The van der Waals surface area contributed by atoms with Gasteiger partial charge in [0.1, 0.15) is 5.75 Å². The molecule has 1 fully saturated rings. The Morgan fingerprint density at radius 2 is 2.00 bits per heavy atom. The van der Waals surface area contributed by atoms with Crippen molar-refractivity contribution in [3.8, 4) is 5.75 Å². The smallest absolute Gasteiger partial charge is 0.268 e. The van der Waals surface area contributed by atoms with Crippen molar-refractivity contribution in [3.05, 3.63) is 23.8 Å². The zero-order valence-electron chi connectivity index (χ0n) is 12.4. The highest BCUT2D eigenvalue weighted by atomic mass is 16.5. The molecule has 1 aromatic rings. The molecular formula is C16H20N2O3. The van der Waals surface area contributed by atoms with E-state index in [1.165, 1.54) is 0 Å². The van der Waals surface area contributed by atoms with Gasteiger partial charge in [-0.25, -0.2) is 0 Å². The lowest BCUT2D eigenvalue weighted by Gasteiger charge is -2.31. The number of hydrogen-bond donors (Lipinski definition) is 2. The number of piperidine rings is 1. The quantitative estimate of drug-likeness (QED) is 0.817. The molecule has 1 amide bonds. The molecule has 3 rings (SSSR count). The number of nitrogens with one attached hydrogen (secondary N) is 2. The molecular weight excluding hydrogens is 268 g/mol. The number of fused-ring (bicyclic) bond motifs is 1.